The van der Waals surface area contributed by atoms with E-state index in [0.717, 1.165) is 61.3 Å². The van der Waals surface area contributed by atoms with E-state index in [0.29, 0.717) is 12.8 Å². The molecular weight excluding hydrogens is 348 g/mol. The normalized spacial score (nSPS) is 14.5. The summed E-state index contributed by atoms with van der Waals surface area (Å²) in [6.07, 6.45) is 3.40. The smallest absolute Gasteiger partial charge is 0.222 e. The zero-order valence-electron chi connectivity index (χ0n) is 15.5. The Kier molecular flexibility index (Phi) is 6.44. The molecule has 1 aliphatic rings. The van der Waals surface area contributed by atoms with Crippen LogP contribution in [0.1, 0.15) is 37.6 Å². The number of nitrogens with zero attached hydrogens (tertiary/aromatic N) is 4. The molecule has 3 rings (SSSR count). The highest BCUT2D eigenvalue weighted by molar-refractivity contribution is 7.09. The van der Waals surface area contributed by atoms with Gasteiger partial charge in [-0.2, -0.15) is 4.37 Å². The van der Waals surface area contributed by atoms with Crippen molar-refractivity contribution in [2.24, 2.45) is 0 Å². The van der Waals surface area contributed by atoms with Crippen molar-refractivity contribution in [3.05, 3.63) is 35.7 Å². The highest BCUT2D eigenvalue weighted by atomic mass is 32.1. The molecule has 0 radical (unpaired) electrons. The van der Waals surface area contributed by atoms with Crippen LogP contribution in [0.4, 0.5) is 5.13 Å². The van der Waals surface area contributed by atoms with Gasteiger partial charge >= 0.3 is 0 Å². The largest absolute Gasteiger partial charge is 0.497 e. The number of ether oxygens (including phenoxy) is 1. The monoisotopic (exact) mass is 374 g/mol. The van der Waals surface area contributed by atoms with Gasteiger partial charge in [-0.05, 0) is 24.1 Å². The minimum Gasteiger partial charge on any atom is -0.497 e. The van der Waals surface area contributed by atoms with E-state index in [1.54, 1.807) is 7.11 Å². The average molecular weight is 375 g/mol. The SMILES string of the molecule is CCCCC(=O)N1CCN(c2nc(Cc3cccc(OC)c3)ns2)CC1. The lowest BCUT2D eigenvalue weighted by Crippen LogP contribution is -2.48. The highest BCUT2D eigenvalue weighted by Gasteiger charge is 2.22. The Morgan fingerprint density at radius 1 is 1.27 bits per heavy atom. The average Bonchev–Trinajstić information content (AvgIpc) is 3.14. The molecule has 0 bridgehead atoms. The summed E-state index contributed by atoms with van der Waals surface area (Å²) in [4.78, 5) is 21.0. The quantitative estimate of drug-likeness (QED) is 0.746. The van der Waals surface area contributed by atoms with Crippen LogP contribution < -0.4 is 9.64 Å². The van der Waals surface area contributed by atoms with Gasteiger partial charge in [0, 0.05) is 50.6 Å². The minimum absolute atomic E-state index is 0.280. The molecule has 1 saturated heterocycles. The molecule has 2 heterocycles. The molecule has 140 valence electrons. The Morgan fingerprint density at radius 2 is 2.08 bits per heavy atom. The second-order valence-electron chi connectivity index (χ2n) is 6.49. The van der Waals surface area contributed by atoms with Gasteiger partial charge in [0.25, 0.3) is 0 Å². The summed E-state index contributed by atoms with van der Waals surface area (Å²) < 4.78 is 9.77. The van der Waals surface area contributed by atoms with E-state index in [4.69, 9.17) is 9.72 Å². The molecule has 1 fully saturated rings. The summed E-state index contributed by atoms with van der Waals surface area (Å²) in [6, 6.07) is 7.99. The van der Waals surface area contributed by atoms with Crippen LogP contribution in [-0.2, 0) is 11.2 Å². The number of piperazine rings is 1. The molecule has 0 spiro atoms. The summed E-state index contributed by atoms with van der Waals surface area (Å²) >= 11 is 1.44. The Bertz CT molecular complexity index is 726. The third-order valence-corrected chi connectivity index (χ3v) is 5.42. The summed E-state index contributed by atoms with van der Waals surface area (Å²) in [5, 5.41) is 0.948. The van der Waals surface area contributed by atoms with Crippen LogP contribution in [0.3, 0.4) is 0 Å². The zero-order valence-corrected chi connectivity index (χ0v) is 16.3. The molecule has 1 aromatic heterocycles. The van der Waals surface area contributed by atoms with E-state index in [1.807, 2.05) is 23.1 Å². The first-order valence-electron chi connectivity index (χ1n) is 9.18. The maximum atomic E-state index is 12.1. The van der Waals surface area contributed by atoms with Gasteiger partial charge < -0.3 is 14.5 Å². The molecule has 26 heavy (non-hydrogen) atoms. The predicted octanol–water partition coefficient (Wildman–Crippen LogP) is 2.98. The number of unbranched alkanes of at least 4 members (excludes halogenated alkanes) is 1. The van der Waals surface area contributed by atoms with Crippen LogP contribution in [0.2, 0.25) is 0 Å². The molecule has 0 atom stereocenters. The van der Waals surface area contributed by atoms with Crippen molar-refractivity contribution >= 4 is 22.6 Å². The number of methoxy groups -OCH3 is 1. The molecule has 1 aliphatic heterocycles. The van der Waals surface area contributed by atoms with Crippen molar-refractivity contribution in [2.75, 3.05) is 38.2 Å². The number of hydrogen-bond acceptors (Lipinski definition) is 6. The van der Waals surface area contributed by atoms with E-state index >= 15 is 0 Å². The molecule has 1 amide bonds. The van der Waals surface area contributed by atoms with Crippen LogP contribution in [-0.4, -0.2) is 53.5 Å². The van der Waals surface area contributed by atoms with Crippen LogP contribution >= 0.6 is 11.5 Å². The molecule has 0 saturated carbocycles. The number of benzene rings is 1. The van der Waals surface area contributed by atoms with Crippen LogP contribution in [0.15, 0.2) is 24.3 Å². The summed E-state index contributed by atoms with van der Waals surface area (Å²) in [7, 11) is 1.67. The van der Waals surface area contributed by atoms with Crippen LogP contribution in [0, 0.1) is 0 Å². The number of carbonyl (C=O) groups excluding carboxylic acids is 1. The van der Waals surface area contributed by atoms with Gasteiger partial charge in [0.1, 0.15) is 11.6 Å². The second kappa shape index (κ2) is 8.98. The van der Waals surface area contributed by atoms with Gasteiger partial charge in [0.15, 0.2) is 0 Å². The number of aromatic nitrogens is 2. The number of amides is 1. The van der Waals surface area contributed by atoms with Crippen LogP contribution in [0.25, 0.3) is 0 Å². The van der Waals surface area contributed by atoms with Gasteiger partial charge in [-0.1, -0.05) is 25.5 Å². The summed E-state index contributed by atoms with van der Waals surface area (Å²) in [6.45, 7) is 5.31. The Balaban J connectivity index is 1.54. The second-order valence-corrected chi connectivity index (χ2v) is 7.22. The number of carbonyl (C=O) groups is 1. The highest BCUT2D eigenvalue weighted by Crippen LogP contribution is 2.22. The topological polar surface area (TPSA) is 58.6 Å². The van der Waals surface area contributed by atoms with E-state index in [2.05, 4.69) is 22.3 Å². The number of hydrogen-bond donors (Lipinski definition) is 0. The van der Waals surface area contributed by atoms with Gasteiger partial charge in [0.2, 0.25) is 11.0 Å². The fourth-order valence-electron chi connectivity index (χ4n) is 3.04. The fraction of sp³-hybridized carbons (Fsp3) is 0.526. The molecule has 1 aromatic carbocycles. The van der Waals surface area contributed by atoms with E-state index in [1.165, 1.54) is 11.5 Å². The lowest BCUT2D eigenvalue weighted by atomic mass is 10.1. The fourth-order valence-corrected chi connectivity index (χ4v) is 3.78. The first-order chi connectivity index (χ1) is 12.7. The van der Waals surface area contributed by atoms with Crippen molar-refractivity contribution in [1.82, 2.24) is 14.3 Å². The van der Waals surface area contributed by atoms with Gasteiger partial charge in [-0.3, -0.25) is 4.79 Å². The Morgan fingerprint density at radius 3 is 2.81 bits per heavy atom. The zero-order chi connectivity index (χ0) is 18.4. The van der Waals surface area contributed by atoms with E-state index < -0.39 is 0 Å². The first-order valence-corrected chi connectivity index (χ1v) is 9.95. The van der Waals surface area contributed by atoms with Crippen molar-refractivity contribution in [3.63, 3.8) is 0 Å². The van der Waals surface area contributed by atoms with Crippen molar-refractivity contribution in [1.29, 1.82) is 0 Å². The Hall–Kier alpha value is -2.15. The standard InChI is InChI=1S/C19H26N4O2S/c1-3-4-8-18(24)22-9-11-23(12-10-22)19-20-17(21-26-19)14-15-6-5-7-16(13-15)25-2/h5-7,13H,3-4,8-12,14H2,1-2H3. The number of anilines is 1. The minimum atomic E-state index is 0.280. The molecular formula is C19H26N4O2S. The molecule has 0 unspecified atom stereocenters. The molecule has 6 nitrogen and oxygen atoms in total. The third-order valence-electron chi connectivity index (χ3n) is 4.60. The van der Waals surface area contributed by atoms with Gasteiger partial charge in [-0.15, -0.1) is 0 Å². The molecule has 0 N–H and O–H groups in total. The lowest BCUT2D eigenvalue weighted by Gasteiger charge is -2.34. The van der Waals surface area contributed by atoms with Crippen molar-refractivity contribution in [3.8, 4) is 5.75 Å². The van der Waals surface area contributed by atoms with Gasteiger partial charge in [-0.25, -0.2) is 4.98 Å². The predicted molar refractivity (Wildman–Crippen MR) is 104 cm³/mol. The first kappa shape index (κ1) is 18.6. The molecule has 0 aliphatic carbocycles. The molecule has 7 heteroatoms. The lowest BCUT2D eigenvalue weighted by molar-refractivity contribution is -0.131. The third kappa shape index (κ3) is 4.72. The Labute approximate surface area is 159 Å². The summed E-state index contributed by atoms with van der Waals surface area (Å²) in [5.41, 5.74) is 1.14. The van der Waals surface area contributed by atoms with Crippen molar-refractivity contribution in [2.45, 2.75) is 32.6 Å². The van der Waals surface area contributed by atoms with E-state index in [9.17, 15) is 4.79 Å². The maximum absolute atomic E-state index is 12.1. The van der Waals surface area contributed by atoms with Crippen LogP contribution in [0.5, 0.6) is 5.75 Å². The number of rotatable bonds is 7. The summed E-state index contributed by atoms with van der Waals surface area (Å²) in [5.74, 6) is 1.96. The van der Waals surface area contributed by atoms with Crippen molar-refractivity contribution < 1.29 is 9.53 Å². The van der Waals surface area contributed by atoms with Gasteiger partial charge in [0.05, 0.1) is 7.11 Å². The molecule has 2 aromatic rings. The maximum Gasteiger partial charge on any atom is 0.222 e. The van der Waals surface area contributed by atoms with E-state index in [-0.39, 0.29) is 5.91 Å².